The molecule has 40 heavy (non-hydrogen) atoms. The average molecular weight is 552 g/mol. The van der Waals surface area contributed by atoms with Crippen molar-refractivity contribution in [2.45, 2.75) is 58.7 Å². The topological polar surface area (TPSA) is 110 Å². The van der Waals surface area contributed by atoms with Crippen LogP contribution in [0.25, 0.3) is 11.3 Å². The molecule has 3 N–H and O–H groups in total. The molecule has 1 saturated heterocycles. The number of aromatic nitrogens is 3. The second-order valence-electron chi connectivity index (χ2n) is 11.4. The van der Waals surface area contributed by atoms with Crippen molar-refractivity contribution in [3.63, 3.8) is 0 Å². The SMILES string of the molecule is CC(C)N1CC(C)(C)Oc2c(F)cc(-c3nc(Nc4ccc(CN5CCC(C(N)=O)CC5)cn4)ncc3F)cc21. The Morgan fingerprint density at radius 2 is 1.90 bits per heavy atom. The zero-order valence-electron chi connectivity index (χ0n) is 23.2. The van der Waals surface area contributed by atoms with E-state index in [0.29, 0.717) is 24.6 Å². The number of nitrogens with one attached hydrogen (secondary N) is 1. The van der Waals surface area contributed by atoms with Gasteiger partial charge in [-0.15, -0.1) is 0 Å². The molecule has 0 radical (unpaired) electrons. The van der Waals surface area contributed by atoms with E-state index in [0.717, 1.165) is 37.7 Å². The number of rotatable bonds is 7. The van der Waals surface area contributed by atoms with E-state index < -0.39 is 17.2 Å². The van der Waals surface area contributed by atoms with E-state index in [1.807, 2.05) is 33.8 Å². The van der Waals surface area contributed by atoms with Crippen molar-refractivity contribution in [2.75, 3.05) is 29.9 Å². The molecule has 2 aliphatic rings. The zero-order valence-corrected chi connectivity index (χ0v) is 23.2. The number of hydrogen-bond acceptors (Lipinski definition) is 8. The number of fused-ring (bicyclic) bond motifs is 1. The predicted molar refractivity (Wildman–Crippen MR) is 149 cm³/mol. The first kappa shape index (κ1) is 27.7. The maximum atomic E-state index is 15.3. The molecule has 1 amide bonds. The normalized spacial score (nSPS) is 17.4. The van der Waals surface area contributed by atoms with Gasteiger partial charge in [-0.3, -0.25) is 9.69 Å². The summed E-state index contributed by atoms with van der Waals surface area (Å²) in [5.41, 5.74) is 6.71. The Labute approximate surface area is 232 Å². The van der Waals surface area contributed by atoms with Gasteiger partial charge in [-0.1, -0.05) is 6.07 Å². The molecular formula is C29H35F2N7O2. The molecule has 2 aliphatic heterocycles. The van der Waals surface area contributed by atoms with Gasteiger partial charge >= 0.3 is 0 Å². The lowest BCUT2D eigenvalue weighted by Crippen LogP contribution is -2.49. The number of piperidine rings is 1. The molecule has 3 aromatic rings. The molecule has 212 valence electrons. The van der Waals surface area contributed by atoms with Gasteiger partial charge in [0.1, 0.15) is 17.1 Å². The number of pyridine rings is 1. The molecule has 0 spiro atoms. The van der Waals surface area contributed by atoms with Crippen LogP contribution in [0.5, 0.6) is 5.75 Å². The number of ether oxygens (including phenoxy) is 1. The molecule has 9 nitrogen and oxygen atoms in total. The van der Waals surface area contributed by atoms with Gasteiger partial charge in [-0.2, -0.15) is 0 Å². The van der Waals surface area contributed by atoms with Gasteiger partial charge in [0.05, 0.1) is 18.4 Å². The largest absolute Gasteiger partial charge is 0.481 e. The van der Waals surface area contributed by atoms with Crippen molar-refractivity contribution >= 4 is 23.4 Å². The molecule has 0 atom stereocenters. The van der Waals surface area contributed by atoms with Crippen LogP contribution in [-0.2, 0) is 11.3 Å². The lowest BCUT2D eigenvalue weighted by Gasteiger charge is -2.43. The van der Waals surface area contributed by atoms with Crippen molar-refractivity contribution in [2.24, 2.45) is 11.7 Å². The highest BCUT2D eigenvalue weighted by Crippen LogP contribution is 2.43. The lowest BCUT2D eigenvalue weighted by atomic mass is 9.96. The second-order valence-corrected chi connectivity index (χ2v) is 11.4. The molecule has 11 heteroatoms. The Morgan fingerprint density at radius 1 is 1.15 bits per heavy atom. The standard InChI is InChI=1S/C29H35F2N7O2/c1-17(2)38-16-29(3,4)40-26-21(30)11-20(12-23(26)38)25-22(31)14-34-28(36-25)35-24-6-5-18(13-33-24)15-37-9-7-19(8-10-37)27(32)39/h5-6,11-14,17,19H,7-10,15-16H2,1-4H3,(H2,32,39)(H,33,34,35,36). The maximum Gasteiger partial charge on any atom is 0.229 e. The van der Waals surface area contributed by atoms with Crippen LogP contribution in [0.15, 0.2) is 36.7 Å². The third-order valence-corrected chi connectivity index (χ3v) is 7.36. The number of benzene rings is 1. The number of carbonyl (C=O) groups excluding carboxylic acids is 1. The number of anilines is 3. The molecule has 0 saturated carbocycles. The molecule has 1 fully saturated rings. The monoisotopic (exact) mass is 551 g/mol. The number of hydrogen-bond donors (Lipinski definition) is 2. The van der Waals surface area contributed by atoms with Crippen molar-refractivity contribution in [1.29, 1.82) is 0 Å². The van der Waals surface area contributed by atoms with Crippen LogP contribution in [0.4, 0.5) is 26.2 Å². The van der Waals surface area contributed by atoms with Gasteiger partial charge in [-0.05, 0) is 77.4 Å². The Balaban J connectivity index is 1.32. The lowest BCUT2D eigenvalue weighted by molar-refractivity contribution is -0.123. The third-order valence-electron chi connectivity index (χ3n) is 7.36. The summed E-state index contributed by atoms with van der Waals surface area (Å²) in [6, 6.07) is 6.78. The van der Waals surface area contributed by atoms with Crippen LogP contribution in [0.2, 0.25) is 0 Å². The molecule has 0 aliphatic carbocycles. The number of amides is 1. The number of nitrogens with zero attached hydrogens (tertiary/aromatic N) is 5. The number of likely N-dealkylation sites (tertiary alicyclic amines) is 1. The zero-order chi connectivity index (χ0) is 28.6. The van der Waals surface area contributed by atoms with Crippen molar-refractivity contribution in [3.05, 3.63) is 53.9 Å². The van der Waals surface area contributed by atoms with Crippen molar-refractivity contribution in [1.82, 2.24) is 19.9 Å². The first-order chi connectivity index (χ1) is 19.0. The maximum absolute atomic E-state index is 15.3. The van der Waals surface area contributed by atoms with Gasteiger partial charge in [0.15, 0.2) is 17.4 Å². The van der Waals surface area contributed by atoms with E-state index in [1.165, 1.54) is 6.07 Å². The quantitative estimate of drug-likeness (QED) is 0.437. The summed E-state index contributed by atoms with van der Waals surface area (Å²) in [6.45, 7) is 10.8. The summed E-state index contributed by atoms with van der Waals surface area (Å²) in [5, 5.41) is 3.01. The number of primary amides is 1. The molecule has 0 unspecified atom stereocenters. The average Bonchev–Trinajstić information content (AvgIpc) is 2.91. The highest BCUT2D eigenvalue weighted by Gasteiger charge is 2.35. The minimum Gasteiger partial charge on any atom is -0.481 e. The summed E-state index contributed by atoms with van der Waals surface area (Å²) >= 11 is 0. The Morgan fingerprint density at radius 3 is 2.55 bits per heavy atom. The van der Waals surface area contributed by atoms with Crippen molar-refractivity contribution < 1.29 is 18.3 Å². The van der Waals surface area contributed by atoms with Crippen LogP contribution >= 0.6 is 0 Å². The molecule has 0 bridgehead atoms. The summed E-state index contributed by atoms with van der Waals surface area (Å²) in [4.78, 5) is 28.6. The van der Waals surface area contributed by atoms with E-state index in [1.54, 1.807) is 18.3 Å². The fourth-order valence-corrected chi connectivity index (χ4v) is 5.26. The molecule has 1 aromatic carbocycles. The van der Waals surface area contributed by atoms with Crippen LogP contribution < -0.4 is 20.7 Å². The van der Waals surface area contributed by atoms with E-state index in [-0.39, 0.29) is 40.8 Å². The third kappa shape index (κ3) is 5.99. The first-order valence-corrected chi connectivity index (χ1v) is 13.5. The van der Waals surface area contributed by atoms with Gasteiger partial charge in [-0.25, -0.2) is 23.7 Å². The van der Waals surface area contributed by atoms with E-state index in [2.05, 4.69) is 30.1 Å². The number of nitrogens with two attached hydrogens (primary N) is 1. The minimum absolute atomic E-state index is 0.0243. The summed E-state index contributed by atoms with van der Waals surface area (Å²) in [5.74, 6) is -0.725. The van der Waals surface area contributed by atoms with Gasteiger partial charge in [0, 0.05) is 30.3 Å². The van der Waals surface area contributed by atoms with E-state index in [9.17, 15) is 9.18 Å². The molecule has 2 aromatic heterocycles. The van der Waals surface area contributed by atoms with Crippen LogP contribution in [-0.4, -0.2) is 57.0 Å². The van der Waals surface area contributed by atoms with E-state index in [4.69, 9.17) is 10.5 Å². The molecular weight excluding hydrogens is 516 g/mol. The summed E-state index contributed by atoms with van der Waals surface area (Å²) in [6.07, 6.45) is 4.35. The number of halogens is 2. The van der Waals surface area contributed by atoms with Gasteiger partial charge in [0.2, 0.25) is 11.9 Å². The Hall–Kier alpha value is -3.86. The van der Waals surface area contributed by atoms with Crippen LogP contribution in [0.3, 0.4) is 0 Å². The van der Waals surface area contributed by atoms with Crippen LogP contribution in [0, 0.1) is 17.6 Å². The summed E-state index contributed by atoms with van der Waals surface area (Å²) < 4.78 is 36.1. The minimum atomic E-state index is -0.665. The van der Waals surface area contributed by atoms with Crippen LogP contribution in [0.1, 0.15) is 46.1 Å². The Kier molecular flexibility index (Phi) is 7.59. The fourth-order valence-electron chi connectivity index (χ4n) is 5.26. The van der Waals surface area contributed by atoms with Gasteiger partial charge < -0.3 is 20.7 Å². The fraction of sp³-hybridized carbons (Fsp3) is 0.448. The van der Waals surface area contributed by atoms with Crippen molar-refractivity contribution in [3.8, 4) is 17.0 Å². The highest BCUT2D eigenvalue weighted by atomic mass is 19.1. The number of carbonyl (C=O) groups is 1. The predicted octanol–water partition coefficient (Wildman–Crippen LogP) is 4.64. The van der Waals surface area contributed by atoms with Gasteiger partial charge in [0.25, 0.3) is 0 Å². The smallest absolute Gasteiger partial charge is 0.229 e. The second kappa shape index (κ2) is 11.0. The molecule has 5 rings (SSSR count). The first-order valence-electron chi connectivity index (χ1n) is 13.5. The summed E-state index contributed by atoms with van der Waals surface area (Å²) in [7, 11) is 0. The molecule has 4 heterocycles. The highest BCUT2D eigenvalue weighted by molar-refractivity contribution is 5.76. The Bertz CT molecular complexity index is 1390. The van der Waals surface area contributed by atoms with E-state index >= 15 is 4.39 Å².